The number of carbonyl (C=O) groups excluding carboxylic acids is 3. The number of alkyl halides is 3. The van der Waals surface area contributed by atoms with E-state index < -0.39 is 29.7 Å². The lowest BCUT2D eigenvalue weighted by Gasteiger charge is -2.29. The molecule has 1 saturated heterocycles. The number of likely N-dealkylation sites (N-methyl/N-ethyl adjacent to an activating group) is 1. The average molecular weight is 336 g/mol. The predicted octanol–water partition coefficient (Wildman–Crippen LogP) is 1.51. The summed E-state index contributed by atoms with van der Waals surface area (Å²) in [5.41, 5.74) is -3.69. The van der Waals surface area contributed by atoms with Gasteiger partial charge in [0.1, 0.15) is 0 Å². The van der Waals surface area contributed by atoms with Crippen LogP contribution in [0.15, 0.2) is 24.3 Å². The lowest BCUT2D eigenvalue weighted by atomic mass is 10.1. The van der Waals surface area contributed by atoms with Crippen LogP contribution in [-0.4, -0.2) is 41.6 Å². The van der Waals surface area contributed by atoms with Gasteiger partial charge in [-0.3, -0.25) is 19.8 Å². The molecule has 22 heavy (non-hydrogen) atoms. The van der Waals surface area contributed by atoms with Gasteiger partial charge in [0, 0.05) is 17.6 Å². The van der Waals surface area contributed by atoms with Crippen molar-refractivity contribution in [1.82, 2.24) is 15.5 Å². The Bertz CT molecular complexity index is 665. The first-order valence-electron chi connectivity index (χ1n) is 5.83. The molecule has 6 nitrogen and oxygen atoms in total. The van der Waals surface area contributed by atoms with Gasteiger partial charge >= 0.3 is 12.2 Å². The van der Waals surface area contributed by atoms with E-state index in [4.69, 9.17) is 11.6 Å². The van der Waals surface area contributed by atoms with Gasteiger partial charge in [-0.15, -0.1) is 0 Å². The minimum atomic E-state index is -5.22. The van der Waals surface area contributed by atoms with E-state index in [1.54, 1.807) is 5.32 Å². The van der Waals surface area contributed by atoms with E-state index in [0.29, 0.717) is 0 Å². The number of nitrogens with one attached hydrogen (secondary N) is 2. The van der Waals surface area contributed by atoms with Crippen LogP contribution in [-0.2, 0) is 4.79 Å². The van der Waals surface area contributed by atoms with Crippen molar-refractivity contribution in [3.63, 3.8) is 0 Å². The van der Waals surface area contributed by atoms with E-state index >= 15 is 0 Å². The van der Waals surface area contributed by atoms with Gasteiger partial charge in [0.15, 0.2) is 0 Å². The molecule has 0 spiro atoms. The van der Waals surface area contributed by atoms with Crippen molar-refractivity contribution in [1.29, 1.82) is 0 Å². The second-order valence-electron chi connectivity index (χ2n) is 4.51. The average Bonchev–Trinajstić information content (AvgIpc) is 2.63. The molecule has 0 saturated carbocycles. The summed E-state index contributed by atoms with van der Waals surface area (Å²) in [6.07, 6.45) is -5.22. The minimum Gasteiger partial charge on any atom is -0.314 e. The number of rotatable bonds is 2. The van der Waals surface area contributed by atoms with E-state index in [1.165, 1.54) is 23.5 Å². The summed E-state index contributed by atoms with van der Waals surface area (Å²) < 4.78 is 39.8. The van der Waals surface area contributed by atoms with Gasteiger partial charge in [-0.2, -0.15) is 13.2 Å². The molecule has 1 atom stereocenters. The first-order valence-corrected chi connectivity index (χ1v) is 6.21. The summed E-state index contributed by atoms with van der Waals surface area (Å²) in [6, 6.07) is 3.86. The number of benzene rings is 1. The fraction of sp³-hybridized carbons (Fsp3) is 0.250. The molecule has 2 N–H and O–H groups in total. The third-order valence-electron chi connectivity index (χ3n) is 3.04. The molecule has 118 valence electrons. The van der Waals surface area contributed by atoms with Gasteiger partial charge < -0.3 is 5.32 Å². The van der Waals surface area contributed by atoms with Crippen LogP contribution < -0.4 is 10.6 Å². The summed E-state index contributed by atoms with van der Waals surface area (Å²) in [7, 11) is 0.872. The summed E-state index contributed by atoms with van der Waals surface area (Å²) in [5.74, 6) is -2.83. The maximum atomic E-state index is 13.3. The largest absolute Gasteiger partial charge is 0.440 e. The summed E-state index contributed by atoms with van der Waals surface area (Å²) in [4.78, 5) is 35.4. The van der Waals surface area contributed by atoms with Crippen LogP contribution in [0.1, 0.15) is 10.4 Å². The third kappa shape index (κ3) is 2.47. The minimum absolute atomic E-state index is 0.132. The van der Waals surface area contributed by atoms with Gasteiger partial charge in [-0.1, -0.05) is 17.7 Å². The molecule has 1 heterocycles. The van der Waals surface area contributed by atoms with Crippen molar-refractivity contribution < 1.29 is 27.6 Å². The number of imide groups is 1. The number of amides is 4. The maximum absolute atomic E-state index is 13.3. The van der Waals surface area contributed by atoms with Crippen LogP contribution in [0.25, 0.3) is 0 Å². The molecular formula is C12H9ClF3N3O3. The quantitative estimate of drug-likeness (QED) is 0.804. The van der Waals surface area contributed by atoms with Gasteiger partial charge in [0.05, 0.1) is 0 Å². The SMILES string of the molecule is CN1C(=O)NC(NC(=O)c2cccc(Cl)c2)(C(F)(F)F)C1=O. The topological polar surface area (TPSA) is 78.5 Å². The first-order chi connectivity index (χ1) is 10.1. The summed E-state index contributed by atoms with van der Waals surface area (Å²) in [5, 5.41) is 3.14. The van der Waals surface area contributed by atoms with Crippen molar-refractivity contribution in [2.24, 2.45) is 0 Å². The molecule has 0 radical (unpaired) electrons. The molecule has 1 aliphatic heterocycles. The molecule has 1 aliphatic rings. The second kappa shape index (κ2) is 5.16. The zero-order valence-corrected chi connectivity index (χ0v) is 11.7. The van der Waals surface area contributed by atoms with E-state index in [-0.39, 0.29) is 15.5 Å². The van der Waals surface area contributed by atoms with Crippen LogP contribution in [0.5, 0.6) is 0 Å². The van der Waals surface area contributed by atoms with Crippen molar-refractivity contribution in [2.45, 2.75) is 11.8 Å². The van der Waals surface area contributed by atoms with E-state index in [2.05, 4.69) is 0 Å². The lowest BCUT2D eigenvalue weighted by molar-refractivity contribution is -0.199. The molecule has 1 aromatic carbocycles. The van der Waals surface area contributed by atoms with Gasteiger partial charge in [-0.05, 0) is 18.2 Å². The number of urea groups is 1. The number of halogens is 4. The molecule has 1 fully saturated rings. The fourth-order valence-electron chi connectivity index (χ4n) is 1.86. The van der Waals surface area contributed by atoms with Crippen molar-refractivity contribution >= 4 is 29.4 Å². The summed E-state index contributed by atoms with van der Waals surface area (Å²) in [6.45, 7) is 0. The normalized spacial score (nSPS) is 21.8. The predicted molar refractivity (Wildman–Crippen MR) is 69.0 cm³/mol. The summed E-state index contributed by atoms with van der Waals surface area (Å²) >= 11 is 5.66. The van der Waals surface area contributed by atoms with Crippen molar-refractivity contribution in [3.05, 3.63) is 34.9 Å². The molecule has 0 aromatic heterocycles. The van der Waals surface area contributed by atoms with E-state index in [1.807, 2.05) is 0 Å². The van der Waals surface area contributed by atoms with Crippen molar-refractivity contribution in [3.8, 4) is 0 Å². The number of hydrogen-bond donors (Lipinski definition) is 2. The van der Waals surface area contributed by atoms with Crippen LogP contribution in [0.4, 0.5) is 18.0 Å². The molecule has 0 aliphatic carbocycles. The fourth-order valence-corrected chi connectivity index (χ4v) is 2.05. The number of hydrogen-bond acceptors (Lipinski definition) is 3. The first kappa shape index (κ1) is 16.1. The second-order valence-corrected chi connectivity index (χ2v) is 4.94. The highest BCUT2D eigenvalue weighted by atomic mass is 35.5. The highest BCUT2D eigenvalue weighted by Crippen LogP contribution is 2.33. The van der Waals surface area contributed by atoms with Crippen LogP contribution >= 0.6 is 11.6 Å². The third-order valence-corrected chi connectivity index (χ3v) is 3.27. The Balaban J connectivity index is 2.39. The highest BCUT2D eigenvalue weighted by molar-refractivity contribution is 6.31. The molecule has 2 rings (SSSR count). The zero-order chi connectivity index (χ0) is 16.7. The Morgan fingerprint density at radius 1 is 1.36 bits per heavy atom. The molecule has 4 amide bonds. The van der Waals surface area contributed by atoms with E-state index in [0.717, 1.165) is 13.1 Å². The van der Waals surface area contributed by atoms with Crippen LogP contribution in [0.3, 0.4) is 0 Å². The lowest BCUT2D eigenvalue weighted by Crippen LogP contribution is -2.69. The van der Waals surface area contributed by atoms with Crippen LogP contribution in [0, 0.1) is 0 Å². The van der Waals surface area contributed by atoms with E-state index in [9.17, 15) is 27.6 Å². The van der Waals surface area contributed by atoms with Gasteiger partial charge in [-0.25, -0.2) is 4.79 Å². The Morgan fingerprint density at radius 2 is 2.00 bits per heavy atom. The molecule has 10 heteroatoms. The molecule has 0 bridgehead atoms. The van der Waals surface area contributed by atoms with Crippen molar-refractivity contribution in [2.75, 3.05) is 7.05 Å². The monoisotopic (exact) mass is 335 g/mol. The molecule has 1 unspecified atom stereocenters. The smallest absolute Gasteiger partial charge is 0.314 e. The standard InChI is InChI=1S/C12H9ClF3N3O3/c1-19-9(21)11(12(14,15)16,18-10(19)22)17-8(20)6-3-2-4-7(13)5-6/h2-5H,1H3,(H,17,20)(H,18,22). The Kier molecular flexibility index (Phi) is 3.78. The molecular weight excluding hydrogens is 327 g/mol. The Morgan fingerprint density at radius 3 is 2.45 bits per heavy atom. The van der Waals surface area contributed by atoms with Crippen LogP contribution in [0.2, 0.25) is 5.02 Å². The Hall–Kier alpha value is -2.29. The highest BCUT2D eigenvalue weighted by Gasteiger charge is 2.68. The number of nitrogens with zero attached hydrogens (tertiary/aromatic N) is 1. The zero-order valence-electron chi connectivity index (χ0n) is 11.0. The Labute approximate surface area is 127 Å². The number of carbonyl (C=O) groups is 3. The van der Waals surface area contributed by atoms with Gasteiger partial charge in [0.25, 0.3) is 17.5 Å². The van der Waals surface area contributed by atoms with Gasteiger partial charge in [0.2, 0.25) is 0 Å². The maximum Gasteiger partial charge on any atom is 0.440 e. The molecule has 1 aromatic rings.